The van der Waals surface area contributed by atoms with Crippen molar-refractivity contribution >= 4 is 11.7 Å². The van der Waals surface area contributed by atoms with Gasteiger partial charge in [0.15, 0.2) is 5.69 Å². The van der Waals surface area contributed by atoms with Crippen LogP contribution in [0.5, 0.6) is 0 Å². The van der Waals surface area contributed by atoms with Gasteiger partial charge in [0, 0.05) is 50.7 Å². The second-order valence-corrected chi connectivity index (χ2v) is 9.46. The topological polar surface area (TPSA) is 66.3 Å². The third-order valence-electron chi connectivity index (χ3n) is 7.02. The maximum Gasteiger partial charge on any atom is 0.277 e. The van der Waals surface area contributed by atoms with Gasteiger partial charge in [0.1, 0.15) is 5.82 Å². The van der Waals surface area contributed by atoms with Crippen molar-refractivity contribution in [3.05, 3.63) is 41.3 Å². The molecule has 0 bridgehead atoms. The molecule has 2 aromatic rings. The minimum atomic E-state index is -0.186. The van der Waals surface area contributed by atoms with E-state index in [1.165, 1.54) is 50.8 Å². The monoisotopic (exact) mass is 422 g/mol. The summed E-state index contributed by atoms with van der Waals surface area (Å²) >= 11 is 0. The van der Waals surface area contributed by atoms with E-state index in [1.807, 2.05) is 29.9 Å². The molecule has 2 aliphatic carbocycles. The van der Waals surface area contributed by atoms with Gasteiger partial charge in [-0.05, 0) is 50.3 Å². The number of hydrogen-bond donors (Lipinski definition) is 1. The molecule has 0 aromatic carbocycles. The van der Waals surface area contributed by atoms with Gasteiger partial charge in [-0.3, -0.25) is 19.3 Å². The molecule has 31 heavy (non-hydrogen) atoms. The first kappa shape index (κ1) is 20.6. The van der Waals surface area contributed by atoms with Crippen LogP contribution in [0, 0.1) is 6.92 Å². The predicted octanol–water partition coefficient (Wildman–Crippen LogP) is 3.62. The lowest BCUT2D eigenvalue weighted by atomic mass is 9.95. The van der Waals surface area contributed by atoms with Gasteiger partial charge < -0.3 is 5.32 Å². The van der Waals surface area contributed by atoms with Crippen molar-refractivity contribution in [1.29, 1.82) is 0 Å². The van der Waals surface area contributed by atoms with E-state index in [0.29, 0.717) is 17.6 Å². The van der Waals surface area contributed by atoms with Crippen molar-refractivity contribution < 1.29 is 4.79 Å². The van der Waals surface area contributed by atoms with E-state index in [1.54, 1.807) is 0 Å². The highest BCUT2D eigenvalue weighted by molar-refractivity contribution is 6.02. The molecule has 0 radical (unpaired) electrons. The Morgan fingerprint density at radius 2 is 1.81 bits per heavy atom. The number of hydrogen-bond acceptors (Lipinski definition) is 5. The molecule has 7 heteroatoms. The summed E-state index contributed by atoms with van der Waals surface area (Å²) in [6.07, 6.45) is 10.8. The van der Waals surface area contributed by atoms with Crippen LogP contribution in [0.4, 0.5) is 5.82 Å². The zero-order valence-electron chi connectivity index (χ0n) is 18.6. The highest BCUT2D eigenvalue weighted by atomic mass is 16.2. The molecule has 1 N–H and O–H groups in total. The molecule has 3 fully saturated rings. The van der Waals surface area contributed by atoms with E-state index in [4.69, 9.17) is 0 Å². The fourth-order valence-corrected chi connectivity index (χ4v) is 5.05. The number of pyridine rings is 1. The lowest BCUT2D eigenvalue weighted by Gasteiger charge is -2.34. The maximum absolute atomic E-state index is 12.7. The van der Waals surface area contributed by atoms with Crippen LogP contribution in [0.3, 0.4) is 0 Å². The molecule has 1 aliphatic heterocycles. The van der Waals surface area contributed by atoms with E-state index in [9.17, 15) is 4.79 Å². The standard InChI is InChI=1S/C24H34N6O/c1-18-15-22(27-30(18)21-5-3-2-4-6-21)24(31)26-23-10-7-19(16-25-23)17-28-11-13-29(14-12-28)20-8-9-20/h7,10,15-16,20-21H,2-6,8-9,11-14,17H2,1H3,(H,25,26,31). The number of aryl methyl sites for hydroxylation is 1. The summed E-state index contributed by atoms with van der Waals surface area (Å²) in [5.41, 5.74) is 2.72. The number of nitrogens with zero attached hydrogens (tertiary/aromatic N) is 5. The number of anilines is 1. The summed E-state index contributed by atoms with van der Waals surface area (Å²) in [7, 11) is 0. The van der Waals surface area contributed by atoms with Crippen LogP contribution in [0.2, 0.25) is 0 Å². The Labute approximate surface area is 184 Å². The maximum atomic E-state index is 12.7. The van der Waals surface area contributed by atoms with Crippen LogP contribution < -0.4 is 5.32 Å². The van der Waals surface area contributed by atoms with Crippen molar-refractivity contribution in [2.45, 2.75) is 70.5 Å². The lowest BCUT2D eigenvalue weighted by molar-refractivity contribution is 0.102. The van der Waals surface area contributed by atoms with Crippen LogP contribution in [-0.2, 0) is 6.54 Å². The number of aromatic nitrogens is 3. The van der Waals surface area contributed by atoms with E-state index in [-0.39, 0.29) is 5.91 Å². The molecule has 2 aromatic heterocycles. The number of piperazine rings is 1. The first-order valence-electron chi connectivity index (χ1n) is 11.9. The highest BCUT2D eigenvalue weighted by Crippen LogP contribution is 2.29. The van der Waals surface area contributed by atoms with Gasteiger partial charge >= 0.3 is 0 Å². The number of rotatable bonds is 6. The molecule has 5 rings (SSSR count). The van der Waals surface area contributed by atoms with Crippen molar-refractivity contribution in [3.8, 4) is 0 Å². The molecule has 7 nitrogen and oxygen atoms in total. The van der Waals surface area contributed by atoms with E-state index in [0.717, 1.165) is 44.2 Å². The van der Waals surface area contributed by atoms with Crippen molar-refractivity contribution in [2.24, 2.45) is 0 Å². The number of nitrogens with one attached hydrogen (secondary N) is 1. The fraction of sp³-hybridized carbons (Fsp3) is 0.625. The normalized spacial score (nSPS) is 21.3. The average molecular weight is 423 g/mol. The van der Waals surface area contributed by atoms with Gasteiger partial charge in [0.25, 0.3) is 5.91 Å². The number of carbonyl (C=O) groups excluding carboxylic acids is 1. The van der Waals surface area contributed by atoms with E-state index >= 15 is 0 Å². The lowest BCUT2D eigenvalue weighted by Crippen LogP contribution is -2.46. The van der Waals surface area contributed by atoms with Crippen molar-refractivity contribution in [1.82, 2.24) is 24.6 Å². The minimum absolute atomic E-state index is 0.186. The first-order chi connectivity index (χ1) is 15.2. The molecule has 2 saturated carbocycles. The minimum Gasteiger partial charge on any atom is -0.305 e. The SMILES string of the molecule is Cc1cc(C(=O)Nc2ccc(CN3CCN(C4CC4)CC3)cn2)nn1C1CCCCC1. The molecule has 0 spiro atoms. The molecule has 1 saturated heterocycles. The van der Waals surface area contributed by atoms with Gasteiger partial charge in [-0.15, -0.1) is 0 Å². The van der Waals surface area contributed by atoms with Crippen LogP contribution in [0.1, 0.15) is 72.7 Å². The third kappa shape index (κ3) is 4.99. The smallest absolute Gasteiger partial charge is 0.277 e. The van der Waals surface area contributed by atoms with Crippen molar-refractivity contribution in [2.75, 3.05) is 31.5 Å². The molecule has 0 atom stereocenters. The molecule has 3 heterocycles. The summed E-state index contributed by atoms with van der Waals surface area (Å²) in [5, 5.41) is 7.53. The summed E-state index contributed by atoms with van der Waals surface area (Å²) in [4.78, 5) is 22.3. The molecule has 0 unspecified atom stereocenters. The van der Waals surface area contributed by atoms with Crippen LogP contribution in [0.25, 0.3) is 0 Å². The van der Waals surface area contributed by atoms with Crippen molar-refractivity contribution in [3.63, 3.8) is 0 Å². The molecular weight excluding hydrogens is 388 g/mol. The Kier molecular flexibility index (Phi) is 6.05. The highest BCUT2D eigenvalue weighted by Gasteiger charge is 2.31. The largest absolute Gasteiger partial charge is 0.305 e. The van der Waals surface area contributed by atoms with Crippen LogP contribution in [0.15, 0.2) is 24.4 Å². The molecule has 166 valence electrons. The molecule has 1 amide bonds. The van der Waals surface area contributed by atoms with E-state index < -0.39 is 0 Å². The Morgan fingerprint density at radius 3 is 2.48 bits per heavy atom. The Hall–Kier alpha value is -2.25. The van der Waals surface area contributed by atoms with Gasteiger partial charge in [-0.1, -0.05) is 25.3 Å². The van der Waals surface area contributed by atoms with Gasteiger partial charge in [0.05, 0.1) is 6.04 Å². The third-order valence-corrected chi connectivity index (χ3v) is 7.02. The zero-order chi connectivity index (χ0) is 21.2. The summed E-state index contributed by atoms with van der Waals surface area (Å²) in [6.45, 7) is 7.56. The van der Waals surface area contributed by atoms with Gasteiger partial charge in [-0.25, -0.2) is 4.98 Å². The quantitative estimate of drug-likeness (QED) is 0.770. The Bertz CT molecular complexity index is 889. The molecular formula is C24H34N6O. The first-order valence-corrected chi connectivity index (χ1v) is 11.9. The summed E-state index contributed by atoms with van der Waals surface area (Å²) < 4.78 is 2.05. The number of amides is 1. The Morgan fingerprint density at radius 1 is 1.03 bits per heavy atom. The predicted molar refractivity (Wildman–Crippen MR) is 121 cm³/mol. The fourth-order valence-electron chi connectivity index (χ4n) is 5.05. The number of carbonyl (C=O) groups is 1. The van der Waals surface area contributed by atoms with Crippen LogP contribution in [-0.4, -0.2) is 62.7 Å². The second-order valence-electron chi connectivity index (χ2n) is 9.46. The van der Waals surface area contributed by atoms with Gasteiger partial charge in [-0.2, -0.15) is 5.10 Å². The van der Waals surface area contributed by atoms with Gasteiger partial charge in [0.2, 0.25) is 0 Å². The summed E-state index contributed by atoms with van der Waals surface area (Å²) in [6, 6.07) is 7.16. The second kappa shape index (κ2) is 9.09. The Balaban J connectivity index is 1.15. The average Bonchev–Trinajstić information content (AvgIpc) is 3.57. The summed E-state index contributed by atoms with van der Waals surface area (Å²) in [5.74, 6) is 0.395. The zero-order valence-corrected chi connectivity index (χ0v) is 18.6. The molecule has 3 aliphatic rings. The van der Waals surface area contributed by atoms with Crippen LogP contribution >= 0.6 is 0 Å². The van der Waals surface area contributed by atoms with E-state index in [2.05, 4.69) is 31.3 Å².